The first-order valence-electron chi connectivity index (χ1n) is 7.82. The number of hydrogen-bond acceptors (Lipinski definition) is 2. The van der Waals surface area contributed by atoms with Crippen molar-refractivity contribution < 1.29 is 4.74 Å². The van der Waals surface area contributed by atoms with E-state index in [0.29, 0.717) is 17.2 Å². The molecule has 1 saturated carbocycles. The summed E-state index contributed by atoms with van der Waals surface area (Å²) in [5, 5.41) is 9.20. The number of hydrogen-bond donors (Lipinski definition) is 0. The molecule has 2 aromatic rings. The zero-order chi connectivity index (χ0) is 15.4. The van der Waals surface area contributed by atoms with Crippen LogP contribution in [-0.4, -0.2) is 7.11 Å². The lowest BCUT2D eigenvalue weighted by Crippen LogP contribution is -2.04. The van der Waals surface area contributed by atoms with E-state index in [2.05, 4.69) is 36.8 Å². The van der Waals surface area contributed by atoms with Crippen LogP contribution in [0.1, 0.15) is 42.7 Å². The number of nitriles is 1. The number of nitrogens with zero attached hydrogens (tertiary/aromatic N) is 1. The minimum Gasteiger partial charge on any atom is -0.495 e. The smallest absolute Gasteiger partial charge is 0.136 e. The van der Waals surface area contributed by atoms with Gasteiger partial charge in [0.1, 0.15) is 11.8 Å². The van der Waals surface area contributed by atoms with E-state index in [1.165, 1.54) is 31.2 Å². The first-order chi connectivity index (χ1) is 10.8. The Morgan fingerprint density at radius 2 is 1.68 bits per heavy atom. The molecule has 111 valence electrons. The highest BCUT2D eigenvalue weighted by molar-refractivity contribution is 5.67. The van der Waals surface area contributed by atoms with Crippen molar-refractivity contribution in [2.24, 2.45) is 0 Å². The van der Waals surface area contributed by atoms with Gasteiger partial charge in [-0.2, -0.15) is 5.26 Å². The predicted octanol–water partition coefficient (Wildman–Crippen LogP) is 5.10. The fourth-order valence-corrected chi connectivity index (χ4v) is 3.18. The monoisotopic (exact) mass is 290 g/mol. The quantitative estimate of drug-likeness (QED) is 0.788. The molecular formula is C20H20NO. The Balaban J connectivity index is 1.85. The van der Waals surface area contributed by atoms with E-state index in [4.69, 9.17) is 4.74 Å². The van der Waals surface area contributed by atoms with Crippen molar-refractivity contribution in [3.63, 3.8) is 0 Å². The Morgan fingerprint density at radius 1 is 1.00 bits per heavy atom. The molecule has 2 heteroatoms. The number of ether oxygens (including phenoxy) is 1. The molecule has 0 saturated heterocycles. The second-order valence-electron chi connectivity index (χ2n) is 5.79. The minimum atomic E-state index is 0.576. The largest absolute Gasteiger partial charge is 0.495 e. The molecule has 2 aromatic carbocycles. The molecule has 0 heterocycles. The van der Waals surface area contributed by atoms with Crippen LogP contribution in [0.2, 0.25) is 0 Å². The van der Waals surface area contributed by atoms with Crippen LogP contribution in [0.3, 0.4) is 0 Å². The molecule has 0 bridgehead atoms. The molecule has 1 radical (unpaired) electrons. The maximum atomic E-state index is 9.20. The summed E-state index contributed by atoms with van der Waals surface area (Å²) < 4.78 is 5.20. The molecule has 1 aliphatic carbocycles. The maximum absolute atomic E-state index is 9.20. The first-order valence-corrected chi connectivity index (χ1v) is 7.82. The van der Waals surface area contributed by atoms with Crippen molar-refractivity contribution >= 4 is 0 Å². The molecule has 1 aliphatic rings. The van der Waals surface area contributed by atoms with Gasteiger partial charge in [0.05, 0.1) is 12.7 Å². The lowest BCUT2D eigenvalue weighted by Gasteiger charge is -2.22. The van der Waals surface area contributed by atoms with Crippen molar-refractivity contribution in [1.82, 2.24) is 0 Å². The Hall–Kier alpha value is -2.27. The van der Waals surface area contributed by atoms with E-state index in [1.54, 1.807) is 7.11 Å². The fraction of sp³-hybridized carbons (Fsp3) is 0.300. The molecule has 0 unspecified atom stereocenters. The number of methoxy groups -OCH3 is 1. The topological polar surface area (TPSA) is 33.0 Å². The summed E-state index contributed by atoms with van der Waals surface area (Å²) in [6.07, 6.45) is 7.39. The second-order valence-corrected chi connectivity index (χ2v) is 5.79. The Morgan fingerprint density at radius 3 is 2.32 bits per heavy atom. The zero-order valence-corrected chi connectivity index (χ0v) is 12.9. The highest BCUT2D eigenvalue weighted by Gasteiger charge is 2.15. The summed E-state index contributed by atoms with van der Waals surface area (Å²) in [6, 6.07) is 16.7. The van der Waals surface area contributed by atoms with Crippen molar-refractivity contribution in [1.29, 1.82) is 5.26 Å². The summed E-state index contributed by atoms with van der Waals surface area (Å²) >= 11 is 0. The molecule has 0 spiro atoms. The van der Waals surface area contributed by atoms with Crippen LogP contribution in [-0.2, 0) is 0 Å². The van der Waals surface area contributed by atoms with Crippen LogP contribution in [0, 0.1) is 17.8 Å². The highest BCUT2D eigenvalue weighted by Crippen LogP contribution is 2.33. The van der Waals surface area contributed by atoms with Gasteiger partial charge in [-0.05, 0) is 66.8 Å². The van der Waals surface area contributed by atoms with Crippen molar-refractivity contribution in [3.05, 3.63) is 60.0 Å². The highest BCUT2D eigenvalue weighted by atomic mass is 16.5. The Bertz CT molecular complexity index is 676. The average molecular weight is 290 g/mol. The summed E-state index contributed by atoms with van der Waals surface area (Å²) in [5.41, 5.74) is 4.21. The van der Waals surface area contributed by atoms with Gasteiger partial charge in [-0.1, -0.05) is 30.3 Å². The molecule has 3 rings (SSSR count). The molecule has 0 aromatic heterocycles. The molecule has 22 heavy (non-hydrogen) atoms. The summed E-state index contributed by atoms with van der Waals surface area (Å²) in [7, 11) is 1.59. The van der Waals surface area contributed by atoms with Crippen LogP contribution in [0.5, 0.6) is 5.75 Å². The lowest BCUT2D eigenvalue weighted by molar-refractivity contribution is 0.413. The standard InChI is InChI=1S/C20H20NO/c1-22-20-12-11-18(13-19(20)14-21)17-9-7-16(8-10-17)15-5-3-2-4-6-15/h2,7-13,15H,3-6H2,1H3. The van der Waals surface area contributed by atoms with Gasteiger partial charge in [0.25, 0.3) is 0 Å². The van der Waals surface area contributed by atoms with Gasteiger partial charge in [-0.25, -0.2) is 0 Å². The SMILES string of the molecule is COc1ccc(-c2ccc(C3CC[CH]CC3)cc2)cc1C#N. The third-order valence-corrected chi connectivity index (χ3v) is 4.47. The van der Waals surface area contributed by atoms with Crippen LogP contribution in [0.4, 0.5) is 0 Å². The van der Waals surface area contributed by atoms with E-state index in [-0.39, 0.29) is 0 Å². The molecular weight excluding hydrogens is 270 g/mol. The van der Waals surface area contributed by atoms with Crippen molar-refractivity contribution in [2.75, 3.05) is 7.11 Å². The minimum absolute atomic E-state index is 0.576. The Kier molecular flexibility index (Phi) is 4.44. The molecule has 0 atom stereocenters. The summed E-state index contributed by atoms with van der Waals surface area (Å²) in [4.78, 5) is 0. The van der Waals surface area contributed by atoms with Gasteiger partial charge in [0, 0.05) is 0 Å². The van der Waals surface area contributed by atoms with Gasteiger partial charge in [-0.3, -0.25) is 0 Å². The molecule has 0 aliphatic heterocycles. The predicted molar refractivity (Wildman–Crippen MR) is 88.7 cm³/mol. The third kappa shape index (κ3) is 2.99. The van der Waals surface area contributed by atoms with Crippen molar-refractivity contribution in [3.8, 4) is 22.9 Å². The molecule has 0 N–H and O–H groups in total. The van der Waals surface area contributed by atoms with E-state index in [0.717, 1.165) is 11.1 Å². The van der Waals surface area contributed by atoms with Gasteiger partial charge >= 0.3 is 0 Å². The van der Waals surface area contributed by atoms with Crippen molar-refractivity contribution in [2.45, 2.75) is 31.6 Å². The molecule has 1 fully saturated rings. The number of rotatable bonds is 3. The summed E-state index contributed by atoms with van der Waals surface area (Å²) in [6.45, 7) is 0. The molecule has 0 amide bonds. The van der Waals surface area contributed by atoms with E-state index in [1.807, 2.05) is 18.2 Å². The summed E-state index contributed by atoms with van der Waals surface area (Å²) in [5.74, 6) is 1.32. The van der Waals surface area contributed by atoms with Gasteiger partial charge in [0.15, 0.2) is 0 Å². The molecule has 2 nitrogen and oxygen atoms in total. The van der Waals surface area contributed by atoms with E-state index < -0.39 is 0 Å². The van der Waals surface area contributed by atoms with Gasteiger partial charge < -0.3 is 4.74 Å². The first kappa shape index (κ1) is 14.7. The van der Waals surface area contributed by atoms with E-state index in [9.17, 15) is 5.26 Å². The Labute approximate surface area is 132 Å². The van der Waals surface area contributed by atoms with Gasteiger partial charge in [0.2, 0.25) is 0 Å². The fourth-order valence-electron chi connectivity index (χ4n) is 3.18. The average Bonchev–Trinajstić information content (AvgIpc) is 2.62. The van der Waals surface area contributed by atoms with Gasteiger partial charge in [-0.15, -0.1) is 0 Å². The van der Waals surface area contributed by atoms with Crippen LogP contribution in [0.15, 0.2) is 42.5 Å². The normalized spacial score (nSPS) is 15.3. The number of benzene rings is 2. The van der Waals surface area contributed by atoms with E-state index >= 15 is 0 Å². The second kappa shape index (κ2) is 6.66. The van der Waals surface area contributed by atoms with Crippen LogP contribution < -0.4 is 4.74 Å². The third-order valence-electron chi connectivity index (χ3n) is 4.47. The van der Waals surface area contributed by atoms with Crippen LogP contribution >= 0.6 is 0 Å². The zero-order valence-electron chi connectivity index (χ0n) is 12.9. The lowest BCUT2D eigenvalue weighted by atomic mass is 9.83. The maximum Gasteiger partial charge on any atom is 0.136 e. The van der Waals surface area contributed by atoms with Crippen LogP contribution in [0.25, 0.3) is 11.1 Å².